The summed E-state index contributed by atoms with van der Waals surface area (Å²) in [5, 5.41) is 3.99. The second kappa shape index (κ2) is 9.23. The van der Waals surface area contributed by atoms with Gasteiger partial charge < -0.3 is 19.5 Å². The maximum Gasteiger partial charge on any atom is 0.264 e. The number of rotatable bonds is 5. The summed E-state index contributed by atoms with van der Waals surface area (Å²) in [6, 6.07) is 8.77. The molecule has 3 aromatic rings. The third-order valence-corrected chi connectivity index (χ3v) is 7.21. The van der Waals surface area contributed by atoms with Gasteiger partial charge in [-0.05, 0) is 75.0 Å². The van der Waals surface area contributed by atoms with Crippen molar-refractivity contribution in [3.05, 3.63) is 52.1 Å². The van der Waals surface area contributed by atoms with Crippen molar-refractivity contribution in [3.8, 4) is 11.3 Å². The quantitative estimate of drug-likeness (QED) is 0.643. The predicted molar refractivity (Wildman–Crippen MR) is 132 cm³/mol. The molecule has 33 heavy (non-hydrogen) atoms. The lowest BCUT2D eigenvalue weighted by atomic mass is 9.86. The second-order valence-corrected chi connectivity index (χ2v) is 9.40. The summed E-state index contributed by atoms with van der Waals surface area (Å²) < 4.78 is 7.02. The second-order valence-electron chi connectivity index (χ2n) is 9.40. The predicted octanol–water partition coefficient (Wildman–Crippen LogP) is 3.70. The average Bonchev–Trinajstić information content (AvgIpc) is 3.34. The van der Waals surface area contributed by atoms with Gasteiger partial charge in [0.15, 0.2) is 0 Å². The van der Waals surface area contributed by atoms with E-state index in [-0.39, 0.29) is 11.6 Å². The number of anilines is 1. The molecule has 1 atom stereocenters. The molecule has 2 aliphatic heterocycles. The van der Waals surface area contributed by atoms with E-state index in [4.69, 9.17) is 9.72 Å². The van der Waals surface area contributed by atoms with Crippen molar-refractivity contribution >= 4 is 16.7 Å². The number of fused-ring (bicyclic) bond motifs is 1. The van der Waals surface area contributed by atoms with Crippen LogP contribution in [0, 0.1) is 6.92 Å². The van der Waals surface area contributed by atoms with Gasteiger partial charge in [0, 0.05) is 19.2 Å². The number of hydrogen-bond donors (Lipinski definition) is 1. The number of nitrogens with zero attached hydrogens (tertiary/aromatic N) is 4. The first-order chi connectivity index (χ1) is 16.0. The number of aromatic nitrogens is 3. The lowest BCUT2D eigenvalue weighted by Gasteiger charge is -2.32. The van der Waals surface area contributed by atoms with Gasteiger partial charge in [-0.25, -0.2) is 9.97 Å². The normalized spacial score (nSPS) is 19.9. The summed E-state index contributed by atoms with van der Waals surface area (Å²) in [5.41, 5.74) is 5.21. The monoisotopic (exact) mass is 447 g/mol. The minimum atomic E-state index is -0.0922. The molecule has 2 saturated heterocycles. The van der Waals surface area contributed by atoms with Crippen LogP contribution in [-0.4, -0.2) is 58.3 Å². The van der Waals surface area contributed by atoms with Crippen LogP contribution in [-0.2, 0) is 11.8 Å². The Balaban J connectivity index is 1.51. The molecule has 2 aromatic heterocycles. The molecule has 2 aliphatic rings. The van der Waals surface area contributed by atoms with E-state index in [2.05, 4.69) is 47.2 Å². The van der Waals surface area contributed by atoms with Crippen LogP contribution in [0.2, 0.25) is 0 Å². The molecule has 0 saturated carbocycles. The number of aryl methyl sites for hydroxylation is 2. The van der Waals surface area contributed by atoms with Crippen LogP contribution >= 0.6 is 0 Å². The van der Waals surface area contributed by atoms with Crippen LogP contribution in [0.3, 0.4) is 0 Å². The molecule has 0 bridgehead atoms. The fourth-order valence-corrected chi connectivity index (χ4v) is 5.17. The number of pyridine rings is 1. The Morgan fingerprint density at radius 1 is 1.18 bits per heavy atom. The van der Waals surface area contributed by atoms with Gasteiger partial charge in [0.2, 0.25) is 0 Å². The Kier molecular flexibility index (Phi) is 6.17. The largest absolute Gasteiger partial charge is 0.379 e. The molecule has 1 N–H and O–H groups in total. The summed E-state index contributed by atoms with van der Waals surface area (Å²) in [6.07, 6.45) is 4.91. The van der Waals surface area contributed by atoms with Crippen molar-refractivity contribution in [2.75, 3.05) is 38.2 Å². The van der Waals surface area contributed by atoms with Crippen molar-refractivity contribution in [2.45, 2.75) is 45.1 Å². The highest BCUT2D eigenvalue weighted by Crippen LogP contribution is 2.33. The molecule has 174 valence electrons. The first kappa shape index (κ1) is 22.0. The molecular weight excluding hydrogens is 414 g/mol. The van der Waals surface area contributed by atoms with Gasteiger partial charge in [0.25, 0.3) is 5.56 Å². The Labute approximate surface area is 194 Å². The lowest BCUT2D eigenvalue weighted by molar-refractivity contribution is 0.195. The molecule has 4 heterocycles. The van der Waals surface area contributed by atoms with Gasteiger partial charge in [-0.2, -0.15) is 0 Å². The standard InChI is InChI=1S/C26H33N5O2/c1-4-31-10-7-18(8-11-31)21-6-5-19(13-17(21)2)22-14-23-24(26(32)30(3)16-27-23)25(29-22)28-20-9-12-33-15-20/h5-6,13-14,16,18,20H,4,7-12,15H2,1-3H3,(H,28,29)/t20-/m1/s1. The summed E-state index contributed by atoms with van der Waals surface area (Å²) in [7, 11) is 1.72. The average molecular weight is 448 g/mol. The van der Waals surface area contributed by atoms with E-state index >= 15 is 0 Å². The fourth-order valence-electron chi connectivity index (χ4n) is 5.17. The first-order valence-corrected chi connectivity index (χ1v) is 12.1. The maximum absolute atomic E-state index is 12.9. The fraction of sp³-hybridized carbons (Fsp3) is 0.500. The molecule has 0 radical (unpaired) electrons. The van der Waals surface area contributed by atoms with E-state index in [1.165, 1.54) is 41.6 Å². The summed E-state index contributed by atoms with van der Waals surface area (Å²) in [5.74, 6) is 1.22. The van der Waals surface area contributed by atoms with Crippen molar-refractivity contribution in [1.29, 1.82) is 0 Å². The summed E-state index contributed by atoms with van der Waals surface area (Å²) in [6.45, 7) is 9.28. The van der Waals surface area contributed by atoms with Crippen molar-refractivity contribution in [3.63, 3.8) is 0 Å². The number of likely N-dealkylation sites (tertiary alicyclic amines) is 1. The lowest BCUT2D eigenvalue weighted by Crippen LogP contribution is -2.32. The number of ether oxygens (including phenoxy) is 1. The molecule has 0 amide bonds. The topological polar surface area (TPSA) is 72.3 Å². The third kappa shape index (κ3) is 4.39. The zero-order valence-electron chi connectivity index (χ0n) is 19.8. The molecular formula is C26H33N5O2. The van der Waals surface area contributed by atoms with Gasteiger partial charge >= 0.3 is 0 Å². The molecule has 7 nitrogen and oxygen atoms in total. The smallest absolute Gasteiger partial charge is 0.264 e. The maximum atomic E-state index is 12.9. The molecule has 0 aliphatic carbocycles. The molecule has 7 heteroatoms. The molecule has 1 aromatic carbocycles. The molecule has 0 spiro atoms. The first-order valence-electron chi connectivity index (χ1n) is 12.1. The van der Waals surface area contributed by atoms with Crippen LogP contribution in [0.25, 0.3) is 22.2 Å². The van der Waals surface area contributed by atoms with E-state index in [0.717, 1.165) is 30.8 Å². The minimum absolute atomic E-state index is 0.0922. The Hall–Kier alpha value is -2.77. The Morgan fingerprint density at radius 3 is 2.70 bits per heavy atom. The Bertz CT molecular complexity index is 1210. The highest BCUT2D eigenvalue weighted by Gasteiger charge is 2.22. The van der Waals surface area contributed by atoms with E-state index in [1.54, 1.807) is 13.4 Å². The number of nitrogens with one attached hydrogen (secondary N) is 1. The van der Waals surface area contributed by atoms with Gasteiger partial charge in [-0.3, -0.25) is 4.79 Å². The van der Waals surface area contributed by atoms with Crippen LogP contribution in [0.15, 0.2) is 35.4 Å². The molecule has 2 fully saturated rings. The van der Waals surface area contributed by atoms with Gasteiger partial charge in [0.05, 0.1) is 30.2 Å². The van der Waals surface area contributed by atoms with Crippen LogP contribution in [0.4, 0.5) is 5.82 Å². The van der Waals surface area contributed by atoms with Crippen LogP contribution in [0.1, 0.15) is 43.2 Å². The number of benzene rings is 1. The van der Waals surface area contributed by atoms with Crippen LogP contribution in [0.5, 0.6) is 0 Å². The van der Waals surface area contributed by atoms with Crippen LogP contribution < -0.4 is 10.9 Å². The third-order valence-electron chi connectivity index (χ3n) is 7.21. The number of hydrogen-bond acceptors (Lipinski definition) is 6. The van der Waals surface area contributed by atoms with Gasteiger partial charge in [-0.1, -0.05) is 19.1 Å². The van der Waals surface area contributed by atoms with E-state index in [1.807, 2.05) is 6.07 Å². The zero-order chi connectivity index (χ0) is 22.9. The summed E-state index contributed by atoms with van der Waals surface area (Å²) in [4.78, 5) is 24.9. The highest BCUT2D eigenvalue weighted by atomic mass is 16.5. The zero-order valence-corrected chi connectivity index (χ0v) is 19.8. The Morgan fingerprint density at radius 2 is 2.00 bits per heavy atom. The molecule has 0 unspecified atom stereocenters. The van der Waals surface area contributed by atoms with Gasteiger partial charge in [-0.15, -0.1) is 0 Å². The molecule has 5 rings (SSSR count). The van der Waals surface area contributed by atoms with Crippen molar-refractivity contribution in [2.24, 2.45) is 7.05 Å². The van der Waals surface area contributed by atoms with E-state index in [9.17, 15) is 4.79 Å². The highest BCUT2D eigenvalue weighted by molar-refractivity contribution is 5.91. The van der Waals surface area contributed by atoms with E-state index in [0.29, 0.717) is 29.2 Å². The van der Waals surface area contributed by atoms with E-state index < -0.39 is 0 Å². The van der Waals surface area contributed by atoms with Crippen molar-refractivity contribution < 1.29 is 4.74 Å². The SMILES string of the molecule is CCN1CCC(c2ccc(-c3cc4ncn(C)c(=O)c4c(N[C@@H]4CCOC4)n3)cc2C)CC1. The van der Waals surface area contributed by atoms with Gasteiger partial charge in [0.1, 0.15) is 11.2 Å². The summed E-state index contributed by atoms with van der Waals surface area (Å²) >= 11 is 0. The van der Waals surface area contributed by atoms with Crippen molar-refractivity contribution in [1.82, 2.24) is 19.4 Å². The minimum Gasteiger partial charge on any atom is -0.379 e. The number of piperidine rings is 1.